The molecule has 0 saturated carbocycles. The summed E-state index contributed by atoms with van der Waals surface area (Å²) < 4.78 is 0. The summed E-state index contributed by atoms with van der Waals surface area (Å²) in [7, 11) is 0. The highest BCUT2D eigenvalue weighted by Crippen LogP contribution is 2.16. The molecule has 1 atom stereocenters. The molecule has 2 aromatic carbocycles. The van der Waals surface area contributed by atoms with Crippen LogP contribution in [0.2, 0.25) is 0 Å². The maximum absolute atomic E-state index is 6.14. The first-order chi connectivity index (χ1) is 7.86. The summed E-state index contributed by atoms with van der Waals surface area (Å²) in [6.07, 6.45) is 2.03. The second kappa shape index (κ2) is 5.47. The first-order valence-electron chi connectivity index (χ1n) is 5.71. The molecule has 0 spiro atoms. The van der Waals surface area contributed by atoms with Crippen molar-refractivity contribution in [3.05, 3.63) is 71.8 Å². The van der Waals surface area contributed by atoms with Crippen LogP contribution in [0.15, 0.2) is 60.7 Å². The summed E-state index contributed by atoms with van der Waals surface area (Å²) in [5.74, 6) is 0. The molecule has 0 heterocycles. The highest BCUT2D eigenvalue weighted by atomic mass is 14.6. The van der Waals surface area contributed by atoms with Gasteiger partial charge in [0.2, 0.25) is 0 Å². The Kier molecular flexibility index (Phi) is 3.73. The highest BCUT2D eigenvalue weighted by Gasteiger charge is 2.04. The van der Waals surface area contributed by atoms with Crippen LogP contribution >= 0.6 is 0 Å². The van der Waals surface area contributed by atoms with Crippen LogP contribution in [0.4, 0.5) is 0 Å². The normalized spacial score (nSPS) is 12.3. The van der Waals surface area contributed by atoms with Crippen LogP contribution < -0.4 is 5.73 Å². The van der Waals surface area contributed by atoms with Gasteiger partial charge in [0.1, 0.15) is 0 Å². The van der Waals surface area contributed by atoms with E-state index in [1.165, 1.54) is 11.1 Å². The second-order valence-electron chi connectivity index (χ2n) is 4.04. The molecule has 2 aromatic rings. The van der Waals surface area contributed by atoms with E-state index in [4.69, 9.17) is 5.73 Å². The summed E-state index contributed by atoms with van der Waals surface area (Å²) in [6.45, 7) is 0. The fraction of sp³-hybridized carbons (Fsp3) is 0.200. The Labute approximate surface area is 96.9 Å². The third kappa shape index (κ3) is 2.94. The lowest BCUT2D eigenvalue weighted by Crippen LogP contribution is -2.11. The second-order valence-corrected chi connectivity index (χ2v) is 4.04. The molecule has 0 aliphatic carbocycles. The van der Waals surface area contributed by atoms with Gasteiger partial charge in [-0.2, -0.15) is 0 Å². The third-order valence-corrected chi connectivity index (χ3v) is 2.81. The Hall–Kier alpha value is -1.60. The lowest BCUT2D eigenvalue weighted by Gasteiger charge is -2.11. The van der Waals surface area contributed by atoms with E-state index in [9.17, 15) is 0 Å². The van der Waals surface area contributed by atoms with E-state index in [1.807, 2.05) is 24.3 Å². The maximum atomic E-state index is 6.14. The van der Waals surface area contributed by atoms with E-state index in [1.54, 1.807) is 0 Å². The Balaban J connectivity index is 1.92. The van der Waals surface area contributed by atoms with Gasteiger partial charge in [0.15, 0.2) is 0 Å². The van der Waals surface area contributed by atoms with Crippen molar-refractivity contribution < 1.29 is 0 Å². The molecule has 0 aromatic heterocycles. The van der Waals surface area contributed by atoms with Crippen molar-refractivity contribution in [2.75, 3.05) is 0 Å². The topological polar surface area (TPSA) is 26.0 Å². The van der Waals surface area contributed by atoms with Crippen LogP contribution in [0.1, 0.15) is 23.6 Å². The van der Waals surface area contributed by atoms with Gasteiger partial charge in [-0.1, -0.05) is 60.7 Å². The molecule has 0 bridgehead atoms. The van der Waals surface area contributed by atoms with E-state index in [0.29, 0.717) is 0 Å². The predicted octanol–water partition coefficient (Wildman–Crippen LogP) is 3.32. The Morgan fingerprint density at radius 1 is 0.812 bits per heavy atom. The molecular weight excluding hydrogens is 194 g/mol. The Morgan fingerprint density at radius 2 is 1.38 bits per heavy atom. The van der Waals surface area contributed by atoms with Crippen LogP contribution in [0, 0.1) is 0 Å². The summed E-state index contributed by atoms with van der Waals surface area (Å²) >= 11 is 0. The first-order valence-corrected chi connectivity index (χ1v) is 5.71. The van der Waals surface area contributed by atoms with Gasteiger partial charge in [-0.05, 0) is 24.0 Å². The average molecular weight is 211 g/mol. The minimum absolute atomic E-state index is 0.140. The first kappa shape index (κ1) is 10.9. The van der Waals surface area contributed by atoms with Gasteiger partial charge in [0.25, 0.3) is 0 Å². The van der Waals surface area contributed by atoms with Gasteiger partial charge in [-0.3, -0.25) is 0 Å². The zero-order valence-corrected chi connectivity index (χ0v) is 9.34. The molecule has 0 amide bonds. The van der Waals surface area contributed by atoms with Crippen LogP contribution in [0.25, 0.3) is 0 Å². The van der Waals surface area contributed by atoms with E-state index in [-0.39, 0.29) is 6.04 Å². The lowest BCUT2D eigenvalue weighted by atomic mass is 10.00. The van der Waals surface area contributed by atoms with E-state index >= 15 is 0 Å². The molecule has 0 saturated heterocycles. The van der Waals surface area contributed by atoms with Gasteiger partial charge >= 0.3 is 0 Å². The summed E-state index contributed by atoms with van der Waals surface area (Å²) in [6, 6.07) is 20.9. The van der Waals surface area contributed by atoms with Crippen molar-refractivity contribution in [1.82, 2.24) is 0 Å². The van der Waals surface area contributed by atoms with E-state index in [0.717, 1.165) is 12.8 Å². The maximum Gasteiger partial charge on any atom is 0.0298 e. The van der Waals surface area contributed by atoms with Crippen molar-refractivity contribution in [3.8, 4) is 0 Å². The molecule has 2 rings (SSSR count). The van der Waals surface area contributed by atoms with Crippen LogP contribution in [0.5, 0.6) is 0 Å². The monoisotopic (exact) mass is 211 g/mol. The molecule has 16 heavy (non-hydrogen) atoms. The molecule has 82 valence electrons. The molecule has 1 nitrogen and oxygen atoms in total. The molecule has 1 heteroatoms. The Bertz CT molecular complexity index is 408. The highest BCUT2D eigenvalue weighted by molar-refractivity contribution is 5.20. The van der Waals surface area contributed by atoms with Crippen LogP contribution in [0.3, 0.4) is 0 Å². The quantitative estimate of drug-likeness (QED) is 0.825. The smallest absolute Gasteiger partial charge is 0.0298 e. The fourth-order valence-corrected chi connectivity index (χ4v) is 1.83. The molecule has 2 N–H and O–H groups in total. The molecule has 0 unspecified atom stereocenters. The number of hydrogen-bond donors (Lipinski definition) is 1. The third-order valence-electron chi connectivity index (χ3n) is 2.81. The number of benzene rings is 2. The molecule has 0 aliphatic heterocycles. The molecular formula is C15H17N. The van der Waals surface area contributed by atoms with Gasteiger partial charge in [-0.25, -0.2) is 0 Å². The van der Waals surface area contributed by atoms with E-state index in [2.05, 4.69) is 36.4 Å². The molecule has 0 aliphatic rings. The minimum atomic E-state index is 0.140. The largest absolute Gasteiger partial charge is 0.324 e. The van der Waals surface area contributed by atoms with Crippen molar-refractivity contribution >= 4 is 0 Å². The summed E-state index contributed by atoms with van der Waals surface area (Å²) in [5.41, 5.74) is 8.72. The fourth-order valence-electron chi connectivity index (χ4n) is 1.83. The van der Waals surface area contributed by atoms with Gasteiger partial charge in [0.05, 0.1) is 0 Å². The number of hydrogen-bond acceptors (Lipinski definition) is 1. The summed E-state index contributed by atoms with van der Waals surface area (Å²) in [5, 5.41) is 0. The number of aryl methyl sites for hydroxylation is 1. The zero-order chi connectivity index (χ0) is 11.2. The van der Waals surface area contributed by atoms with Crippen LogP contribution in [-0.4, -0.2) is 0 Å². The van der Waals surface area contributed by atoms with Crippen molar-refractivity contribution in [2.24, 2.45) is 5.73 Å². The van der Waals surface area contributed by atoms with E-state index < -0.39 is 0 Å². The Morgan fingerprint density at radius 3 is 2.00 bits per heavy atom. The molecule has 0 radical (unpaired) electrons. The average Bonchev–Trinajstić information content (AvgIpc) is 2.38. The van der Waals surface area contributed by atoms with Crippen molar-refractivity contribution in [2.45, 2.75) is 18.9 Å². The zero-order valence-electron chi connectivity index (χ0n) is 9.34. The molecule has 0 fully saturated rings. The minimum Gasteiger partial charge on any atom is -0.324 e. The van der Waals surface area contributed by atoms with Gasteiger partial charge in [0, 0.05) is 6.04 Å². The van der Waals surface area contributed by atoms with Crippen LogP contribution in [-0.2, 0) is 6.42 Å². The standard InChI is InChI=1S/C15H17N/c16-15(14-9-5-2-6-10-14)12-11-13-7-3-1-4-8-13/h1-10,15H,11-12,16H2/t15-/m1/s1. The number of rotatable bonds is 4. The van der Waals surface area contributed by atoms with Gasteiger partial charge < -0.3 is 5.73 Å². The lowest BCUT2D eigenvalue weighted by molar-refractivity contribution is 0.651. The van der Waals surface area contributed by atoms with Crippen molar-refractivity contribution in [3.63, 3.8) is 0 Å². The van der Waals surface area contributed by atoms with Crippen molar-refractivity contribution in [1.29, 1.82) is 0 Å². The number of nitrogens with two attached hydrogens (primary N) is 1. The predicted molar refractivity (Wildman–Crippen MR) is 68.1 cm³/mol. The summed E-state index contributed by atoms with van der Waals surface area (Å²) in [4.78, 5) is 0. The SMILES string of the molecule is N[C@H](CCc1ccccc1)c1ccccc1. The van der Waals surface area contributed by atoms with Gasteiger partial charge in [-0.15, -0.1) is 0 Å².